The Kier molecular flexibility index (Phi) is 8.42. The van der Waals surface area contributed by atoms with Gasteiger partial charge in [-0.05, 0) is 110 Å². The average Bonchev–Trinajstić information content (AvgIpc) is 3.26. The summed E-state index contributed by atoms with van der Waals surface area (Å²) >= 11 is 0. The van der Waals surface area contributed by atoms with E-state index in [1.165, 1.54) is 0 Å². The maximum Gasteiger partial charge on any atom is 0.420 e. The number of ether oxygens (including phenoxy) is 1. The fraction of sp³-hybridized carbons (Fsp3) is 0.968. The SMILES string of the molecule is CC[C@H]1[C@@H](O)[C@H]2C3CCC([C@H](C)COC(=O)NS(=O)(=O)C4CCCCC4)[C@@]3(C)CCC2[C@@]2(C)CC[C@@H](O)C[C@@H]12. The first-order valence-electron chi connectivity index (χ1n) is 16.0. The van der Waals surface area contributed by atoms with Gasteiger partial charge in [-0.15, -0.1) is 0 Å². The molecule has 224 valence electrons. The van der Waals surface area contributed by atoms with Crippen LogP contribution in [0.4, 0.5) is 4.79 Å². The fourth-order valence-corrected chi connectivity index (χ4v) is 12.3. The molecule has 3 unspecified atom stereocenters. The number of carbonyl (C=O) groups is 1. The van der Waals surface area contributed by atoms with Crippen molar-refractivity contribution in [2.24, 2.45) is 52.3 Å². The van der Waals surface area contributed by atoms with E-state index in [0.717, 1.165) is 70.6 Å². The van der Waals surface area contributed by atoms with Crippen molar-refractivity contribution < 1.29 is 28.2 Å². The molecule has 39 heavy (non-hydrogen) atoms. The van der Waals surface area contributed by atoms with Crippen LogP contribution in [0.5, 0.6) is 0 Å². The summed E-state index contributed by atoms with van der Waals surface area (Å²) in [5.74, 6) is 2.34. The van der Waals surface area contributed by atoms with Crippen molar-refractivity contribution in [2.45, 2.75) is 129 Å². The number of aliphatic hydroxyl groups is 2. The maximum atomic E-state index is 12.6. The molecule has 0 spiro atoms. The van der Waals surface area contributed by atoms with Crippen LogP contribution in [0.2, 0.25) is 0 Å². The molecule has 1 amide bonds. The average molecular weight is 568 g/mol. The van der Waals surface area contributed by atoms with Crippen LogP contribution >= 0.6 is 0 Å². The highest BCUT2D eigenvalue weighted by Crippen LogP contribution is 2.69. The standard InChI is InChI=1S/C31H53NO6S/c1-5-22-26-17-20(33)13-15-31(26,4)25-14-16-30(3)23(11-12-24(30)27(25)28(22)34)19(2)18-38-29(35)32-39(36,37)21-9-7-6-8-10-21/h19-28,33-34H,5-18H2,1-4H3,(H,32,35)/t19-,20-,22-,23?,24?,25?,26+,27+,28-,30-,31-/m1/s1. The highest BCUT2D eigenvalue weighted by Gasteiger charge is 2.64. The molecular formula is C31H53NO6S. The molecule has 5 aliphatic rings. The molecule has 0 aromatic rings. The molecule has 8 heteroatoms. The summed E-state index contributed by atoms with van der Waals surface area (Å²) in [5, 5.41) is 21.9. The third-order valence-corrected chi connectivity index (χ3v) is 14.6. The van der Waals surface area contributed by atoms with Gasteiger partial charge in [-0.3, -0.25) is 0 Å². The zero-order valence-electron chi connectivity index (χ0n) is 24.6. The van der Waals surface area contributed by atoms with Crippen LogP contribution in [0.1, 0.15) is 111 Å². The first-order valence-corrected chi connectivity index (χ1v) is 17.5. The smallest absolute Gasteiger partial charge is 0.420 e. The van der Waals surface area contributed by atoms with Crippen LogP contribution in [0.25, 0.3) is 0 Å². The van der Waals surface area contributed by atoms with Gasteiger partial charge in [-0.1, -0.05) is 53.4 Å². The quantitative estimate of drug-likeness (QED) is 0.383. The molecule has 0 heterocycles. The Morgan fingerprint density at radius 3 is 2.31 bits per heavy atom. The molecule has 0 aromatic carbocycles. The molecule has 5 fully saturated rings. The highest BCUT2D eigenvalue weighted by molar-refractivity contribution is 7.90. The highest BCUT2D eigenvalue weighted by atomic mass is 32.2. The predicted molar refractivity (Wildman–Crippen MR) is 151 cm³/mol. The van der Waals surface area contributed by atoms with Gasteiger partial charge in [0.2, 0.25) is 10.0 Å². The molecule has 5 rings (SSSR count). The van der Waals surface area contributed by atoms with Crippen molar-refractivity contribution in [3.8, 4) is 0 Å². The third-order valence-electron chi connectivity index (χ3n) is 12.8. The zero-order valence-corrected chi connectivity index (χ0v) is 25.4. The second-order valence-electron chi connectivity index (χ2n) is 14.6. The number of rotatable bonds is 6. The molecule has 5 aliphatic carbocycles. The van der Waals surface area contributed by atoms with Gasteiger partial charge >= 0.3 is 6.09 Å². The monoisotopic (exact) mass is 567 g/mol. The minimum absolute atomic E-state index is 0.0746. The van der Waals surface area contributed by atoms with E-state index in [9.17, 15) is 23.4 Å². The molecule has 0 bridgehead atoms. The second kappa shape index (κ2) is 11.1. The molecule has 0 radical (unpaired) electrons. The zero-order chi connectivity index (χ0) is 28.2. The number of hydrogen-bond donors (Lipinski definition) is 3. The Labute approximate surface area is 236 Å². The number of fused-ring (bicyclic) bond motifs is 5. The summed E-state index contributed by atoms with van der Waals surface area (Å²) in [6, 6.07) is 0. The van der Waals surface area contributed by atoms with E-state index in [1.807, 2.05) is 0 Å². The minimum Gasteiger partial charge on any atom is -0.449 e. The first kappa shape index (κ1) is 29.6. The van der Waals surface area contributed by atoms with Gasteiger partial charge in [0.05, 0.1) is 24.1 Å². The van der Waals surface area contributed by atoms with Gasteiger partial charge in [0.1, 0.15) is 0 Å². The Bertz CT molecular complexity index is 997. The number of amides is 1. The number of aliphatic hydroxyl groups excluding tert-OH is 2. The summed E-state index contributed by atoms with van der Waals surface area (Å²) in [5.41, 5.74) is 0.255. The number of sulfonamides is 1. The predicted octanol–water partition coefficient (Wildman–Crippen LogP) is 5.64. The molecule has 5 saturated carbocycles. The maximum absolute atomic E-state index is 12.6. The van der Waals surface area contributed by atoms with E-state index in [1.54, 1.807) is 0 Å². The lowest BCUT2D eigenvalue weighted by atomic mass is 9.41. The van der Waals surface area contributed by atoms with Crippen molar-refractivity contribution in [1.82, 2.24) is 4.72 Å². The van der Waals surface area contributed by atoms with Crippen LogP contribution in [-0.2, 0) is 14.8 Å². The van der Waals surface area contributed by atoms with E-state index in [0.29, 0.717) is 36.5 Å². The number of nitrogens with one attached hydrogen (secondary N) is 1. The van der Waals surface area contributed by atoms with E-state index >= 15 is 0 Å². The van der Waals surface area contributed by atoms with Crippen LogP contribution in [0.15, 0.2) is 0 Å². The Morgan fingerprint density at radius 1 is 0.949 bits per heavy atom. The molecule has 0 saturated heterocycles. The summed E-state index contributed by atoms with van der Waals surface area (Å²) in [6.45, 7) is 9.42. The normalized spacial score (nSPS) is 45.5. The van der Waals surface area contributed by atoms with Crippen LogP contribution in [0.3, 0.4) is 0 Å². The molecule has 11 atom stereocenters. The number of carbonyl (C=O) groups excluding carboxylic acids is 1. The Morgan fingerprint density at radius 2 is 1.62 bits per heavy atom. The lowest BCUT2D eigenvalue weighted by Gasteiger charge is -2.64. The topological polar surface area (TPSA) is 113 Å². The van der Waals surface area contributed by atoms with Crippen LogP contribution in [-0.4, -0.2) is 48.8 Å². The largest absolute Gasteiger partial charge is 0.449 e. The third kappa shape index (κ3) is 5.17. The molecule has 0 aromatic heterocycles. The van der Waals surface area contributed by atoms with Gasteiger partial charge in [-0.2, -0.15) is 0 Å². The summed E-state index contributed by atoms with van der Waals surface area (Å²) < 4.78 is 33.0. The second-order valence-corrected chi connectivity index (χ2v) is 16.6. The lowest BCUT2D eigenvalue weighted by Crippen LogP contribution is -2.62. The molecule has 0 aliphatic heterocycles. The van der Waals surface area contributed by atoms with Gasteiger partial charge in [0.15, 0.2) is 0 Å². The summed E-state index contributed by atoms with van der Waals surface area (Å²) in [4.78, 5) is 12.5. The van der Waals surface area contributed by atoms with Crippen LogP contribution < -0.4 is 4.72 Å². The fourth-order valence-electron chi connectivity index (χ4n) is 10.9. The summed E-state index contributed by atoms with van der Waals surface area (Å²) in [7, 11) is -3.70. The van der Waals surface area contributed by atoms with E-state index in [2.05, 4.69) is 32.4 Å². The Balaban J connectivity index is 1.25. The van der Waals surface area contributed by atoms with Gasteiger partial charge < -0.3 is 14.9 Å². The van der Waals surface area contributed by atoms with Gasteiger partial charge in [0, 0.05) is 0 Å². The van der Waals surface area contributed by atoms with Crippen molar-refractivity contribution in [3.05, 3.63) is 0 Å². The van der Waals surface area contributed by atoms with Gasteiger partial charge in [-0.25, -0.2) is 17.9 Å². The van der Waals surface area contributed by atoms with Gasteiger partial charge in [0.25, 0.3) is 0 Å². The number of hydrogen-bond acceptors (Lipinski definition) is 6. The van der Waals surface area contributed by atoms with E-state index < -0.39 is 21.4 Å². The van der Waals surface area contributed by atoms with Crippen molar-refractivity contribution in [2.75, 3.05) is 6.61 Å². The van der Waals surface area contributed by atoms with Crippen molar-refractivity contribution in [1.29, 1.82) is 0 Å². The summed E-state index contributed by atoms with van der Waals surface area (Å²) in [6.07, 6.45) is 10.7. The lowest BCUT2D eigenvalue weighted by molar-refractivity contribution is -0.203. The van der Waals surface area contributed by atoms with Crippen molar-refractivity contribution >= 4 is 16.1 Å². The molecular weight excluding hydrogens is 514 g/mol. The minimum atomic E-state index is -3.70. The van der Waals surface area contributed by atoms with E-state index in [-0.39, 0.29) is 47.4 Å². The van der Waals surface area contributed by atoms with Crippen LogP contribution in [0, 0.1) is 52.3 Å². The van der Waals surface area contributed by atoms with Crippen molar-refractivity contribution in [3.63, 3.8) is 0 Å². The van der Waals surface area contributed by atoms with E-state index in [4.69, 9.17) is 4.74 Å². The Hall–Kier alpha value is -0.860. The molecule has 3 N–H and O–H groups in total. The first-order chi connectivity index (χ1) is 18.4. The molecule has 7 nitrogen and oxygen atoms in total.